The monoisotopic (exact) mass is 300 g/mol. The van der Waals surface area contributed by atoms with E-state index < -0.39 is 5.41 Å². The Bertz CT molecular complexity index is 531. The van der Waals surface area contributed by atoms with Gasteiger partial charge >= 0.3 is 0 Å². The zero-order valence-electron chi connectivity index (χ0n) is 13.0. The maximum Gasteiger partial charge on any atom is 0.238 e. The van der Waals surface area contributed by atoms with Gasteiger partial charge in [0, 0.05) is 19.6 Å². The van der Waals surface area contributed by atoms with Crippen LogP contribution >= 0.6 is 0 Å². The average Bonchev–Trinajstić information content (AvgIpc) is 3.38. The second-order valence-electron chi connectivity index (χ2n) is 6.43. The molecule has 118 valence electrons. The Kier molecular flexibility index (Phi) is 4.46. The van der Waals surface area contributed by atoms with Gasteiger partial charge in [0.2, 0.25) is 11.8 Å². The molecule has 1 saturated heterocycles. The molecular weight excluding hydrogens is 276 g/mol. The van der Waals surface area contributed by atoms with Crippen molar-refractivity contribution in [3.05, 3.63) is 35.9 Å². The van der Waals surface area contributed by atoms with Crippen molar-refractivity contribution in [2.45, 2.75) is 38.5 Å². The molecule has 1 N–H and O–H groups in total. The first-order valence-corrected chi connectivity index (χ1v) is 8.34. The van der Waals surface area contributed by atoms with Crippen LogP contribution in [0.2, 0.25) is 0 Å². The Balaban J connectivity index is 1.51. The summed E-state index contributed by atoms with van der Waals surface area (Å²) in [6.45, 7) is 2.23. The van der Waals surface area contributed by atoms with E-state index in [2.05, 4.69) is 17.4 Å². The van der Waals surface area contributed by atoms with Crippen LogP contribution in [0.15, 0.2) is 30.3 Å². The van der Waals surface area contributed by atoms with E-state index in [1.54, 1.807) is 0 Å². The summed E-state index contributed by atoms with van der Waals surface area (Å²) in [5.74, 6) is -0.0107. The van der Waals surface area contributed by atoms with Gasteiger partial charge in [0.25, 0.3) is 0 Å². The molecule has 2 fully saturated rings. The SMILES string of the molecule is O=C(NCCc1ccccc1)C1(C(=O)N2CCCCC2)CC1. The Morgan fingerprint density at radius 1 is 1.05 bits per heavy atom. The van der Waals surface area contributed by atoms with E-state index in [-0.39, 0.29) is 11.8 Å². The van der Waals surface area contributed by atoms with Gasteiger partial charge in [0.05, 0.1) is 0 Å². The van der Waals surface area contributed by atoms with Crippen LogP contribution in [0.3, 0.4) is 0 Å². The van der Waals surface area contributed by atoms with Crippen LogP contribution in [-0.4, -0.2) is 36.3 Å². The van der Waals surface area contributed by atoms with Gasteiger partial charge in [-0.2, -0.15) is 0 Å². The van der Waals surface area contributed by atoms with Crippen molar-refractivity contribution in [1.29, 1.82) is 0 Å². The Morgan fingerprint density at radius 2 is 1.73 bits per heavy atom. The molecule has 1 heterocycles. The van der Waals surface area contributed by atoms with Crippen molar-refractivity contribution in [2.24, 2.45) is 5.41 Å². The minimum atomic E-state index is -0.742. The van der Waals surface area contributed by atoms with Gasteiger partial charge in [0.1, 0.15) is 5.41 Å². The fourth-order valence-electron chi connectivity index (χ4n) is 3.20. The molecule has 4 heteroatoms. The number of hydrogen-bond donors (Lipinski definition) is 1. The molecule has 0 atom stereocenters. The van der Waals surface area contributed by atoms with Crippen LogP contribution < -0.4 is 5.32 Å². The minimum absolute atomic E-state index is 0.0596. The van der Waals surface area contributed by atoms with Gasteiger partial charge in [-0.3, -0.25) is 9.59 Å². The molecule has 4 nitrogen and oxygen atoms in total. The highest BCUT2D eigenvalue weighted by Gasteiger charge is 2.57. The first kappa shape index (κ1) is 15.1. The van der Waals surface area contributed by atoms with Crippen molar-refractivity contribution in [3.63, 3.8) is 0 Å². The molecule has 1 aliphatic carbocycles. The number of rotatable bonds is 5. The van der Waals surface area contributed by atoms with Crippen molar-refractivity contribution in [2.75, 3.05) is 19.6 Å². The van der Waals surface area contributed by atoms with Crippen LogP contribution in [-0.2, 0) is 16.0 Å². The summed E-state index contributed by atoms with van der Waals surface area (Å²) < 4.78 is 0. The van der Waals surface area contributed by atoms with Crippen molar-refractivity contribution >= 4 is 11.8 Å². The number of carbonyl (C=O) groups excluding carboxylic acids is 2. The molecule has 1 aromatic carbocycles. The summed E-state index contributed by atoms with van der Waals surface area (Å²) >= 11 is 0. The van der Waals surface area contributed by atoms with E-state index in [1.165, 1.54) is 12.0 Å². The molecule has 0 bridgehead atoms. The summed E-state index contributed by atoms with van der Waals surface area (Å²) in [6.07, 6.45) is 5.55. The molecule has 0 aromatic heterocycles. The van der Waals surface area contributed by atoms with Crippen LogP contribution in [0.25, 0.3) is 0 Å². The topological polar surface area (TPSA) is 49.4 Å². The van der Waals surface area contributed by atoms with E-state index in [9.17, 15) is 9.59 Å². The number of amides is 2. The Morgan fingerprint density at radius 3 is 2.36 bits per heavy atom. The molecule has 2 aliphatic rings. The quantitative estimate of drug-likeness (QED) is 0.847. The standard InChI is InChI=1S/C18H24N2O2/c21-16(19-12-9-15-7-3-1-4-8-15)18(10-11-18)17(22)20-13-5-2-6-14-20/h1,3-4,7-8H,2,5-6,9-14H2,(H,19,21). The minimum Gasteiger partial charge on any atom is -0.355 e. The normalized spacial score (nSPS) is 19.5. The predicted octanol–water partition coefficient (Wildman–Crippen LogP) is 2.14. The third-order valence-corrected chi connectivity index (χ3v) is 4.78. The van der Waals surface area contributed by atoms with Crippen LogP contribution in [0.1, 0.15) is 37.7 Å². The summed E-state index contributed by atoms with van der Waals surface area (Å²) in [4.78, 5) is 27.0. The maximum atomic E-state index is 12.6. The lowest BCUT2D eigenvalue weighted by Crippen LogP contribution is -2.47. The van der Waals surface area contributed by atoms with Crippen LogP contribution in [0.4, 0.5) is 0 Å². The molecule has 1 aliphatic heterocycles. The molecular formula is C18H24N2O2. The van der Waals surface area contributed by atoms with E-state index in [0.717, 1.165) is 32.4 Å². The molecule has 0 radical (unpaired) electrons. The highest BCUT2D eigenvalue weighted by Crippen LogP contribution is 2.47. The second kappa shape index (κ2) is 6.51. The number of benzene rings is 1. The zero-order chi connectivity index (χ0) is 15.4. The second-order valence-corrected chi connectivity index (χ2v) is 6.43. The molecule has 3 rings (SSSR count). The molecule has 0 spiro atoms. The smallest absolute Gasteiger partial charge is 0.238 e. The summed E-state index contributed by atoms with van der Waals surface area (Å²) in [5.41, 5.74) is 0.462. The third-order valence-electron chi connectivity index (χ3n) is 4.78. The summed E-state index contributed by atoms with van der Waals surface area (Å²) in [5, 5.41) is 2.97. The lowest BCUT2D eigenvalue weighted by molar-refractivity contribution is -0.144. The lowest BCUT2D eigenvalue weighted by Gasteiger charge is -2.30. The zero-order valence-corrected chi connectivity index (χ0v) is 13.0. The fraction of sp³-hybridized carbons (Fsp3) is 0.556. The van der Waals surface area contributed by atoms with Gasteiger partial charge in [0.15, 0.2) is 0 Å². The Hall–Kier alpha value is -1.84. The summed E-state index contributed by atoms with van der Waals surface area (Å²) in [7, 11) is 0. The van der Waals surface area contributed by atoms with Crippen molar-refractivity contribution < 1.29 is 9.59 Å². The molecule has 1 aromatic rings. The van der Waals surface area contributed by atoms with E-state index in [4.69, 9.17) is 0 Å². The van der Waals surface area contributed by atoms with Crippen LogP contribution in [0.5, 0.6) is 0 Å². The van der Waals surface area contributed by atoms with Crippen molar-refractivity contribution in [1.82, 2.24) is 10.2 Å². The summed E-state index contributed by atoms with van der Waals surface area (Å²) in [6, 6.07) is 10.1. The molecule has 2 amide bonds. The fourth-order valence-corrected chi connectivity index (χ4v) is 3.20. The number of nitrogens with one attached hydrogen (secondary N) is 1. The van der Waals surface area contributed by atoms with Crippen molar-refractivity contribution in [3.8, 4) is 0 Å². The van der Waals surface area contributed by atoms with E-state index in [0.29, 0.717) is 19.4 Å². The number of likely N-dealkylation sites (tertiary alicyclic amines) is 1. The highest BCUT2D eigenvalue weighted by molar-refractivity contribution is 6.07. The molecule has 0 unspecified atom stereocenters. The first-order valence-electron chi connectivity index (χ1n) is 8.34. The number of hydrogen-bond acceptors (Lipinski definition) is 2. The van der Waals surface area contributed by atoms with Gasteiger partial charge in [-0.1, -0.05) is 30.3 Å². The highest BCUT2D eigenvalue weighted by atomic mass is 16.2. The van der Waals surface area contributed by atoms with E-state index >= 15 is 0 Å². The maximum absolute atomic E-state index is 12.6. The lowest BCUT2D eigenvalue weighted by atomic mass is 10.0. The largest absolute Gasteiger partial charge is 0.355 e. The predicted molar refractivity (Wildman–Crippen MR) is 85.3 cm³/mol. The number of carbonyl (C=O) groups is 2. The van der Waals surface area contributed by atoms with Gasteiger partial charge in [-0.05, 0) is 44.1 Å². The molecule has 1 saturated carbocycles. The van der Waals surface area contributed by atoms with Gasteiger partial charge in [-0.15, -0.1) is 0 Å². The third kappa shape index (κ3) is 3.16. The number of piperidine rings is 1. The van der Waals surface area contributed by atoms with Crippen LogP contribution in [0, 0.1) is 5.41 Å². The molecule has 22 heavy (non-hydrogen) atoms. The van der Waals surface area contributed by atoms with Gasteiger partial charge in [-0.25, -0.2) is 0 Å². The van der Waals surface area contributed by atoms with E-state index in [1.807, 2.05) is 23.1 Å². The Labute approximate surface area is 131 Å². The van der Waals surface area contributed by atoms with Gasteiger partial charge < -0.3 is 10.2 Å². The first-order chi connectivity index (χ1) is 10.7. The number of nitrogens with zero attached hydrogens (tertiary/aromatic N) is 1. The average molecular weight is 300 g/mol.